The van der Waals surface area contributed by atoms with Crippen LogP contribution in [0.5, 0.6) is 0 Å². The molecule has 0 atom stereocenters. The van der Waals surface area contributed by atoms with Crippen molar-refractivity contribution in [1.29, 1.82) is 0 Å². The summed E-state index contributed by atoms with van der Waals surface area (Å²) < 4.78 is 0. The van der Waals surface area contributed by atoms with Crippen LogP contribution in [0.25, 0.3) is 10.9 Å². The Morgan fingerprint density at radius 1 is 1.25 bits per heavy atom. The molecule has 1 aromatic carbocycles. The Labute approximate surface area is 117 Å². The summed E-state index contributed by atoms with van der Waals surface area (Å²) in [5, 5.41) is 6.89. The van der Waals surface area contributed by atoms with Gasteiger partial charge in [0.05, 0.1) is 5.52 Å². The van der Waals surface area contributed by atoms with E-state index in [2.05, 4.69) is 25.5 Å². The molecule has 3 rings (SSSR count). The highest BCUT2D eigenvalue weighted by Gasteiger charge is 2.18. The smallest absolute Gasteiger partial charge is 0.224 e. The van der Waals surface area contributed by atoms with Crippen molar-refractivity contribution >= 4 is 28.6 Å². The first-order valence-electron chi connectivity index (χ1n) is 6.74. The molecular formula is C14H17N5O. The molecule has 6 nitrogen and oxygen atoms in total. The minimum Gasteiger partial charge on any atom is -0.357 e. The molecule has 2 aromatic rings. The zero-order valence-electron chi connectivity index (χ0n) is 11.4. The molecule has 0 radical (unpaired) electrons. The summed E-state index contributed by atoms with van der Waals surface area (Å²) in [6, 6.07) is 7.94. The Balaban J connectivity index is 2.06. The third-order valence-electron chi connectivity index (χ3n) is 3.42. The van der Waals surface area contributed by atoms with Crippen LogP contribution in [0.1, 0.15) is 6.42 Å². The first-order chi connectivity index (χ1) is 9.78. The minimum absolute atomic E-state index is 0.0969. The van der Waals surface area contributed by atoms with Gasteiger partial charge >= 0.3 is 0 Å². The van der Waals surface area contributed by atoms with Crippen LogP contribution in [0.15, 0.2) is 24.3 Å². The zero-order valence-corrected chi connectivity index (χ0v) is 11.4. The lowest BCUT2D eigenvalue weighted by Gasteiger charge is -2.22. The highest BCUT2D eigenvalue weighted by Crippen LogP contribution is 2.25. The molecule has 1 saturated heterocycles. The summed E-state index contributed by atoms with van der Waals surface area (Å²) >= 11 is 0. The molecule has 20 heavy (non-hydrogen) atoms. The van der Waals surface area contributed by atoms with E-state index < -0.39 is 0 Å². The second-order valence-electron chi connectivity index (χ2n) is 4.72. The molecule has 1 fully saturated rings. The summed E-state index contributed by atoms with van der Waals surface area (Å²) in [7, 11) is 1.81. The monoisotopic (exact) mass is 271 g/mol. The van der Waals surface area contributed by atoms with Crippen LogP contribution in [0.3, 0.4) is 0 Å². The van der Waals surface area contributed by atoms with Crippen LogP contribution in [0.2, 0.25) is 0 Å². The zero-order chi connectivity index (χ0) is 13.9. The molecule has 0 bridgehead atoms. The Morgan fingerprint density at radius 2 is 2.10 bits per heavy atom. The number of hydrogen-bond donors (Lipinski definition) is 2. The van der Waals surface area contributed by atoms with Crippen molar-refractivity contribution in [2.24, 2.45) is 0 Å². The van der Waals surface area contributed by atoms with Crippen LogP contribution < -0.4 is 15.5 Å². The topological polar surface area (TPSA) is 70.2 Å². The number of aromatic nitrogens is 2. The number of hydrogen-bond acceptors (Lipinski definition) is 5. The Morgan fingerprint density at radius 3 is 2.95 bits per heavy atom. The summed E-state index contributed by atoms with van der Waals surface area (Å²) in [6.45, 7) is 2.08. The number of fused-ring (bicyclic) bond motifs is 1. The van der Waals surface area contributed by atoms with Gasteiger partial charge in [0.15, 0.2) is 0 Å². The largest absolute Gasteiger partial charge is 0.357 e. The van der Waals surface area contributed by atoms with E-state index in [0.717, 1.165) is 23.3 Å². The lowest BCUT2D eigenvalue weighted by atomic mass is 10.2. The van der Waals surface area contributed by atoms with E-state index in [1.807, 2.05) is 24.3 Å². The predicted molar refractivity (Wildman–Crippen MR) is 78.9 cm³/mol. The molecule has 1 aliphatic heterocycles. The van der Waals surface area contributed by atoms with Gasteiger partial charge in [-0.3, -0.25) is 4.79 Å². The number of carbonyl (C=O) groups is 1. The molecule has 2 heterocycles. The molecule has 0 spiro atoms. The Kier molecular flexibility index (Phi) is 3.37. The second kappa shape index (κ2) is 5.32. The van der Waals surface area contributed by atoms with E-state index in [9.17, 15) is 4.79 Å². The van der Waals surface area contributed by atoms with Crippen molar-refractivity contribution in [1.82, 2.24) is 15.3 Å². The highest BCUT2D eigenvalue weighted by atomic mass is 16.1. The number of para-hydroxylation sites is 1. The number of benzene rings is 1. The maximum atomic E-state index is 11.5. The van der Waals surface area contributed by atoms with Crippen LogP contribution in [-0.2, 0) is 4.79 Å². The fourth-order valence-corrected chi connectivity index (χ4v) is 2.39. The maximum absolute atomic E-state index is 11.5. The second-order valence-corrected chi connectivity index (χ2v) is 4.72. The predicted octanol–water partition coefficient (Wildman–Crippen LogP) is 0.998. The van der Waals surface area contributed by atoms with E-state index in [4.69, 9.17) is 0 Å². The maximum Gasteiger partial charge on any atom is 0.224 e. The van der Waals surface area contributed by atoms with Gasteiger partial charge in [0.2, 0.25) is 11.9 Å². The normalized spacial score (nSPS) is 15.8. The summed E-state index contributed by atoms with van der Waals surface area (Å²) in [4.78, 5) is 22.6. The van der Waals surface area contributed by atoms with Gasteiger partial charge < -0.3 is 15.5 Å². The molecule has 2 N–H and O–H groups in total. The van der Waals surface area contributed by atoms with Gasteiger partial charge in [0, 0.05) is 38.5 Å². The summed E-state index contributed by atoms with van der Waals surface area (Å²) in [6.07, 6.45) is 0.493. The first-order valence-corrected chi connectivity index (χ1v) is 6.74. The van der Waals surface area contributed by atoms with E-state index in [1.54, 1.807) is 7.05 Å². The van der Waals surface area contributed by atoms with Crippen molar-refractivity contribution in [2.75, 3.05) is 36.9 Å². The molecule has 6 heteroatoms. The average Bonchev–Trinajstić information content (AvgIpc) is 2.71. The van der Waals surface area contributed by atoms with Crippen LogP contribution in [0.4, 0.5) is 11.8 Å². The van der Waals surface area contributed by atoms with Gasteiger partial charge in [-0.1, -0.05) is 12.1 Å². The fourth-order valence-electron chi connectivity index (χ4n) is 2.39. The lowest BCUT2D eigenvalue weighted by Crippen LogP contribution is -2.29. The van der Waals surface area contributed by atoms with Crippen LogP contribution in [0, 0.1) is 0 Å². The molecule has 1 amide bonds. The van der Waals surface area contributed by atoms with E-state index in [1.165, 1.54) is 0 Å². The number of anilines is 2. The van der Waals surface area contributed by atoms with Gasteiger partial charge in [-0.25, -0.2) is 4.98 Å². The summed E-state index contributed by atoms with van der Waals surface area (Å²) in [5.41, 5.74) is 0.908. The molecule has 0 saturated carbocycles. The standard InChI is InChI=1S/C14H17N5O/c1-15-14-17-11-5-3-2-4-10(11)13(18-14)19-8-6-12(20)16-7-9-19/h2-5H,6-9H2,1H3,(H,16,20)(H,15,17,18). The van der Waals surface area contributed by atoms with Crippen molar-refractivity contribution < 1.29 is 4.79 Å². The minimum atomic E-state index is 0.0969. The van der Waals surface area contributed by atoms with Gasteiger partial charge in [0.1, 0.15) is 5.82 Å². The third kappa shape index (κ3) is 2.36. The molecular weight excluding hydrogens is 254 g/mol. The van der Waals surface area contributed by atoms with E-state index in [0.29, 0.717) is 25.5 Å². The molecule has 104 valence electrons. The van der Waals surface area contributed by atoms with E-state index >= 15 is 0 Å². The van der Waals surface area contributed by atoms with Gasteiger partial charge in [0.25, 0.3) is 0 Å². The van der Waals surface area contributed by atoms with Crippen LogP contribution >= 0.6 is 0 Å². The molecule has 1 aliphatic rings. The van der Waals surface area contributed by atoms with Crippen molar-refractivity contribution in [2.45, 2.75) is 6.42 Å². The van der Waals surface area contributed by atoms with Crippen molar-refractivity contribution in [3.8, 4) is 0 Å². The average molecular weight is 271 g/mol. The quantitative estimate of drug-likeness (QED) is 0.852. The number of rotatable bonds is 2. The Hall–Kier alpha value is -2.37. The highest BCUT2D eigenvalue weighted by molar-refractivity contribution is 5.91. The SMILES string of the molecule is CNc1nc(N2CCNC(=O)CC2)c2ccccc2n1. The lowest BCUT2D eigenvalue weighted by molar-refractivity contribution is -0.120. The van der Waals surface area contributed by atoms with E-state index in [-0.39, 0.29) is 5.91 Å². The first kappa shape index (κ1) is 12.7. The molecule has 0 unspecified atom stereocenters. The fraction of sp³-hybridized carbons (Fsp3) is 0.357. The third-order valence-corrected chi connectivity index (χ3v) is 3.42. The van der Waals surface area contributed by atoms with Crippen molar-refractivity contribution in [3.63, 3.8) is 0 Å². The number of amides is 1. The van der Waals surface area contributed by atoms with Gasteiger partial charge in [-0.2, -0.15) is 4.98 Å². The summed E-state index contributed by atoms with van der Waals surface area (Å²) in [5.74, 6) is 1.58. The van der Waals surface area contributed by atoms with Gasteiger partial charge in [-0.05, 0) is 12.1 Å². The van der Waals surface area contributed by atoms with Crippen molar-refractivity contribution in [3.05, 3.63) is 24.3 Å². The van der Waals surface area contributed by atoms with Crippen LogP contribution in [-0.4, -0.2) is 42.6 Å². The molecule has 1 aromatic heterocycles. The molecule has 0 aliphatic carbocycles. The number of carbonyl (C=O) groups excluding carboxylic acids is 1. The Bertz CT molecular complexity index is 642. The number of nitrogens with one attached hydrogen (secondary N) is 2. The van der Waals surface area contributed by atoms with Gasteiger partial charge in [-0.15, -0.1) is 0 Å². The number of nitrogens with zero attached hydrogens (tertiary/aromatic N) is 3.